The van der Waals surface area contributed by atoms with E-state index in [4.69, 9.17) is 34.8 Å². The Labute approximate surface area is 122 Å². The molecular weight excluding hydrogens is 289 g/mol. The molecule has 0 spiro atoms. The fraction of sp³-hybridized carbons (Fsp3) is 0.143. The average Bonchev–Trinajstić information content (AvgIpc) is 2.35. The van der Waals surface area contributed by atoms with Gasteiger partial charge in [-0.05, 0) is 42.8 Å². The summed E-state index contributed by atoms with van der Waals surface area (Å²) in [5.41, 5.74) is 1.83. The molecule has 0 bridgehead atoms. The van der Waals surface area contributed by atoms with Crippen molar-refractivity contribution >= 4 is 40.5 Å². The lowest BCUT2D eigenvalue weighted by Crippen LogP contribution is -2.07. The first-order chi connectivity index (χ1) is 8.58. The SMILES string of the molecule is CC(Nc1ccccc1Cl)c1cc(Cl)ccc1Cl. The average molecular weight is 301 g/mol. The van der Waals surface area contributed by atoms with E-state index in [-0.39, 0.29) is 6.04 Å². The van der Waals surface area contributed by atoms with Crippen LogP contribution in [0, 0.1) is 0 Å². The third-order valence-corrected chi connectivity index (χ3v) is 3.58. The van der Waals surface area contributed by atoms with Gasteiger partial charge in [0.05, 0.1) is 16.8 Å². The predicted octanol–water partition coefficient (Wildman–Crippen LogP) is 5.82. The van der Waals surface area contributed by atoms with Crippen LogP contribution in [0.5, 0.6) is 0 Å². The molecule has 1 N–H and O–H groups in total. The molecule has 2 aromatic rings. The summed E-state index contributed by atoms with van der Waals surface area (Å²) in [5.74, 6) is 0. The van der Waals surface area contributed by atoms with Gasteiger partial charge in [-0.2, -0.15) is 0 Å². The van der Waals surface area contributed by atoms with Crippen LogP contribution in [0.1, 0.15) is 18.5 Å². The lowest BCUT2D eigenvalue weighted by Gasteiger charge is -2.18. The van der Waals surface area contributed by atoms with Crippen LogP contribution < -0.4 is 5.32 Å². The molecule has 4 heteroatoms. The van der Waals surface area contributed by atoms with Crippen LogP contribution in [0.25, 0.3) is 0 Å². The van der Waals surface area contributed by atoms with Crippen LogP contribution in [0.3, 0.4) is 0 Å². The minimum absolute atomic E-state index is 0.0242. The molecule has 94 valence electrons. The minimum atomic E-state index is 0.0242. The Balaban J connectivity index is 2.25. The van der Waals surface area contributed by atoms with E-state index in [0.717, 1.165) is 11.3 Å². The second kappa shape index (κ2) is 5.83. The molecule has 0 radical (unpaired) electrons. The first-order valence-corrected chi connectivity index (χ1v) is 6.67. The maximum absolute atomic E-state index is 6.17. The number of benzene rings is 2. The number of anilines is 1. The van der Waals surface area contributed by atoms with Crippen molar-refractivity contribution in [1.29, 1.82) is 0 Å². The monoisotopic (exact) mass is 299 g/mol. The molecule has 2 rings (SSSR count). The number of nitrogens with one attached hydrogen (secondary N) is 1. The molecular formula is C14H12Cl3N. The van der Waals surface area contributed by atoms with Crippen LogP contribution >= 0.6 is 34.8 Å². The molecule has 0 amide bonds. The van der Waals surface area contributed by atoms with Crippen molar-refractivity contribution < 1.29 is 0 Å². The molecule has 2 aromatic carbocycles. The molecule has 18 heavy (non-hydrogen) atoms. The van der Waals surface area contributed by atoms with Gasteiger partial charge in [0.1, 0.15) is 0 Å². The van der Waals surface area contributed by atoms with E-state index in [2.05, 4.69) is 5.32 Å². The Morgan fingerprint density at radius 3 is 2.39 bits per heavy atom. The number of halogens is 3. The summed E-state index contributed by atoms with van der Waals surface area (Å²) >= 11 is 18.3. The second-order valence-electron chi connectivity index (χ2n) is 4.01. The highest BCUT2D eigenvalue weighted by Gasteiger charge is 2.11. The number of hydrogen-bond donors (Lipinski definition) is 1. The highest BCUT2D eigenvalue weighted by atomic mass is 35.5. The Morgan fingerprint density at radius 2 is 1.67 bits per heavy atom. The van der Waals surface area contributed by atoms with Gasteiger partial charge >= 0.3 is 0 Å². The summed E-state index contributed by atoms with van der Waals surface area (Å²) in [6.45, 7) is 2.01. The molecule has 0 fully saturated rings. The van der Waals surface area contributed by atoms with Crippen LogP contribution in [-0.2, 0) is 0 Å². The molecule has 0 aliphatic heterocycles. The number of para-hydroxylation sites is 1. The summed E-state index contributed by atoms with van der Waals surface area (Å²) in [7, 11) is 0. The molecule has 0 aliphatic carbocycles. The van der Waals surface area contributed by atoms with Gasteiger partial charge in [-0.15, -0.1) is 0 Å². The summed E-state index contributed by atoms with van der Waals surface area (Å²) in [5, 5.41) is 5.36. The van der Waals surface area contributed by atoms with Gasteiger partial charge in [-0.3, -0.25) is 0 Å². The standard InChI is InChI=1S/C14H12Cl3N/c1-9(11-8-10(15)6-7-12(11)16)18-14-5-3-2-4-13(14)17/h2-9,18H,1H3. The normalized spacial score (nSPS) is 12.2. The van der Waals surface area contributed by atoms with Crippen molar-refractivity contribution in [2.45, 2.75) is 13.0 Å². The lowest BCUT2D eigenvalue weighted by atomic mass is 10.1. The Hall–Kier alpha value is -0.890. The van der Waals surface area contributed by atoms with E-state index in [0.29, 0.717) is 15.1 Å². The first kappa shape index (κ1) is 13.5. The number of hydrogen-bond acceptors (Lipinski definition) is 1. The van der Waals surface area contributed by atoms with Gasteiger partial charge < -0.3 is 5.32 Å². The van der Waals surface area contributed by atoms with Gasteiger partial charge in [-0.25, -0.2) is 0 Å². The molecule has 0 aliphatic rings. The molecule has 0 saturated heterocycles. The molecule has 0 saturated carbocycles. The Kier molecular flexibility index (Phi) is 4.39. The summed E-state index contributed by atoms with van der Waals surface area (Å²) in [4.78, 5) is 0. The van der Waals surface area contributed by atoms with E-state index in [9.17, 15) is 0 Å². The topological polar surface area (TPSA) is 12.0 Å². The highest BCUT2D eigenvalue weighted by Crippen LogP contribution is 2.30. The van der Waals surface area contributed by atoms with Crippen LogP contribution in [0.2, 0.25) is 15.1 Å². The first-order valence-electron chi connectivity index (χ1n) is 5.54. The van der Waals surface area contributed by atoms with Crippen molar-refractivity contribution in [1.82, 2.24) is 0 Å². The molecule has 0 heterocycles. The molecule has 1 nitrogen and oxygen atoms in total. The maximum Gasteiger partial charge on any atom is 0.0637 e. The zero-order valence-electron chi connectivity index (χ0n) is 9.75. The van der Waals surface area contributed by atoms with Crippen LogP contribution in [-0.4, -0.2) is 0 Å². The van der Waals surface area contributed by atoms with Gasteiger partial charge in [0.25, 0.3) is 0 Å². The van der Waals surface area contributed by atoms with Crippen molar-refractivity contribution in [3.8, 4) is 0 Å². The van der Waals surface area contributed by atoms with E-state index in [1.165, 1.54) is 0 Å². The molecule has 1 atom stereocenters. The maximum atomic E-state index is 6.17. The van der Waals surface area contributed by atoms with Gasteiger partial charge in [0.15, 0.2) is 0 Å². The summed E-state index contributed by atoms with van der Waals surface area (Å²) in [6.07, 6.45) is 0. The van der Waals surface area contributed by atoms with E-state index in [1.54, 1.807) is 12.1 Å². The fourth-order valence-electron chi connectivity index (χ4n) is 1.74. The van der Waals surface area contributed by atoms with Gasteiger partial charge in [0.2, 0.25) is 0 Å². The van der Waals surface area contributed by atoms with Gasteiger partial charge in [-0.1, -0.05) is 46.9 Å². The Morgan fingerprint density at radius 1 is 0.944 bits per heavy atom. The minimum Gasteiger partial charge on any atom is -0.377 e. The largest absolute Gasteiger partial charge is 0.377 e. The zero-order valence-corrected chi connectivity index (χ0v) is 12.0. The van der Waals surface area contributed by atoms with E-state index < -0.39 is 0 Å². The lowest BCUT2D eigenvalue weighted by molar-refractivity contribution is 0.885. The second-order valence-corrected chi connectivity index (χ2v) is 5.26. The summed E-state index contributed by atoms with van der Waals surface area (Å²) < 4.78 is 0. The van der Waals surface area contributed by atoms with E-state index in [1.807, 2.05) is 37.3 Å². The molecule has 0 aromatic heterocycles. The third kappa shape index (κ3) is 3.11. The van der Waals surface area contributed by atoms with Crippen molar-refractivity contribution in [2.75, 3.05) is 5.32 Å². The number of rotatable bonds is 3. The quantitative estimate of drug-likeness (QED) is 0.753. The fourth-order valence-corrected chi connectivity index (χ4v) is 2.39. The smallest absolute Gasteiger partial charge is 0.0637 e. The zero-order chi connectivity index (χ0) is 13.1. The third-order valence-electron chi connectivity index (χ3n) is 2.67. The molecule has 1 unspecified atom stereocenters. The van der Waals surface area contributed by atoms with Crippen LogP contribution in [0.15, 0.2) is 42.5 Å². The van der Waals surface area contributed by atoms with Crippen molar-refractivity contribution in [2.24, 2.45) is 0 Å². The summed E-state index contributed by atoms with van der Waals surface area (Å²) in [6, 6.07) is 13.0. The van der Waals surface area contributed by atoms with Crippen molar-refractivity contribution in [3.63, 3.8) is 0 Å². The van der Waals surface area contributed by atoms with E-state index >= 15 is 0 Å². The predicted molar refractivity (Wildman–Crippen MR) is 80.0 cm³/mol. The Bertz CT molecular complexity index is 554. The van der Waals surface area contributed by atoms with Crippen molar-refractivity contribution in [3.05, 3.63) is 63.1 Å². The highest BCUT2D eigenvalue weighted by molar-refractivity contribution is 6.34. The van der Waals surface area contributed by atoms with Gasteiger partial charge in [0, 0.05) is 10.0 Å². The van der Waals surface area contributed by atoms with Crippen LogP contribution in [0.4, 0.5) is 5.69 Å².